The minimum atomic E-state index is -0.746. The third-order valence-electron chi connectivity index (χ3n) is 4.66. The highest BCUT2D eigenvalue weighted by Gasteiger charge is 2.24. The maximum absolute atomic E-state index is 12.8. The first-order valence-electron chi connectivity index (χ1n) is 9.45. The van der Waals surface area contributed by atoms with Crippen LogP contribution in [0.25, 0.3) is 10.9 Å². The fraction of sp³-hybridized carbons (Fsp3) is 0.273. The van der Waals surface area contributed by atoms with E-state index in [1.54, 1.807) is 24.3 Å². The maximum atomic E-state index is 12.8. The molecule has 2 atom stereocenters. The number of fused-ring (bicyclic) bond motifs is 1. The van der Waals surface area contributed by atoms with E-state index in [1.165, 1.54) is 0 Å². The number of hydrogen-bond acceptors (Lipinski definition) is 3. The van der Waals surface area contributed by atoms with Gasteiger partial charge in [-0.3, -0.25) is 4.79 Å². The molecule has 0 unspecified atom stereocenters. The van der Waals surface area contributed by atoms with Gasteiger partial charge in [-0.2, -0.15) is 0 Å². The molecule has 6 nitrogen and oxygen atoms in total. The molecule has 28 heavy (non-hydrogen) atoms. The van der Waals surface area contributed by atoms with E-state index in [1.807, 2.05) is 50.4 Å². The predicted molar refractivity (Wildman–Crippen MR) is 109 cm³/mol. The van der Waals surface area contributed by atoms with Crippen molar-refractivity contribution in [3.05, 3.63) is 66.4 Å². The summed E-state index contributed by atoms with van der Waals surface area (Å²) in [5.41, 5.74) is 1.95. The molecule has 2 amide bonds. The maximum Gasteiger partial charge on any atom is 0.413 e. The number of amides is 2. The molecule has 1 heterocycles. The topological polar surface area (TPSA) is 83.2 Å². The van der Waals surface area contributed by atoms with Gasteiger partial charge in [0.25, 0.3) is 0 Å². The first-order chi connectivity index (χ1) is 13.6. The van der Waals surface area contributed by atoms with Gasteiger partial charge in [0, 0.05) is 29.6 Å². The zero-order valence-electron chi connectivity index (χ0n) is 16.1. The van der Waals surface area contributed by atoms with Crippen LogP contribution in [-0.2, 0) is 11.2 Å². The predicted octanol–water partition coefficient (Wildman–Crippen LogP) is 3.78. The van der Waals surface area contributed by atoms with Crippen LogP contribution in [0.5, 0.6) is 5.75 Å². The third-order valence-corrected chi connectivity index (χ3v) is 4.66. The van der Waals surface area contributed by atoms with Gasteiger partial charge in [-0.25, -0.2) is 4.79 Å². The Morgan fingerprint density at radius 2 is 1.75 bits per heavy atom. The van der Waals surface area contributed by atoms with E-state index in [0.29, 0.717) is 12.2 Å². The number of aromatic nitrogens is 1. The lowest BCUT2D eigenvalue weighted by Gasteiger charge is -2.20. The summed E-state index contributed by atoms with van der Waals surface area (Å²) in [6, 6.07) is 15.9. The molecule has 0 saturated heterocycles. The van der Waals surface area contributed by atoms with Crippen LogP contribution in [0.3, 0.4) is 0 Å². The van der Waals surface area contributed by atoms with Crippen molar-refractivity contribution in [3.8, 4) is 5.75 Å². The fourth-order valence-corrected chi connectivity index (χ4v) is 2.94. The van der Waals surface area contributed by atoms with E-state index in [2.05, 4.69) is 15.6 Å². The number of ether oxygens (including phenoxy) is 1. The number of rotatable bonds is 7. The van der Waals surface area contributed by atoms with Gasteiger partial charge in [-0.1, -0.05) is 43.3 Å². The molecule has 0 aliphatic carbocycles. The first kappa shape index (κ1) is 19.5. The van der Waals surface area contributed by atoms with Crippen molar-refractivity contribution in [1.82, 2.24) is 15.6 Å². The van der Waals surface area contributed by atoms with Crippen molar-refractivity contribution < 1.29 is 14.3 Å². The number of hydrogen-bond donors (Lipinski definition) is 3. The monoisotopic (exact) mass is 379 g/mol. The molecule has 3 N–H and O–H groups in total. The summed E-state index contributed by atoms with van der Waals surface area (Å²) in [6.45, 7) is 3.93. The van der Waals surface area contributed by atoms with E-state index < -0.39 is 12.1 Å². The average Bonchev–Trinajstić information content (AvgIpc) is 3.11. The van der Waals surface area contributed by atoms with Crippen molar-refractivity contribution >= 4 is 22.9 Å². The molecule has 0 radical (unpaired) electrons. The molecule has 146 valence electrons. The largest absolute Gasteiger partial charge is 0.413 e. The van der Waals surface area contributed by atoms with Crippen LogP contribution in [0.4, 0.5) is 4.79 Å². The molecule has 2 aromatic carbocycles. The molecule has 0 aliphatic rings. The van der Waals surface area contributed by atoms with Crippen molar-refractivity contribution in [3.63, 3.8) is 0 Å². The highest BCUT2D eigenvalue weighted by atomic mass is 16.6. The Labute approximate surface area is 164 Å². The second-order valence-corrected chi connectivity index (χ2v) is 6.78. The van der Waals surface area contributed by atoms with E-state index in [-0.39, 0.29) is 11.9 Å². The van der Waals surface area contributed by atoms with Crippen molar-refractivity contribution in [2.75, 3.05) is 0 Å². The number of carbonyl (C=O) groups is 2. The first-order valence-corrected chi connectivity index (χ1v) is 9.45. The second-order valence-electron chi connectivity index (χ2n) is 6.78. The molecule has 0 fully saturated rings. The van der Waals surface area contributed by atoms with Crippen molar-refractivity contribution in [2.24, 2.45) is 0 Å². The van der Waals surface area contributed by atoms with Gasteiger partial charge < -0.3 is 20.4 Å². The number of aromatic amines is 1. The SMILES string of the molecule is CC[C@H](C)NC(=O)[C@H](Cc1c[nH]c2ccccc12)NC(=O)Oc1ccccc1. The highest BCUT2D eigenvalue weighted by molar-refractivity contribution is 5.88. The number of benzene rings is 2. The van der Waals surface area contributed by atoms with Gasteiger partial charge in [-0.05, 0) is 37.1 Å². The Bertz CT molecular complexity index is 936. The lowest BCUT2D eigenvalue weighted by molar-refractivity contribution is -0.123. The molecular formula is C22H25N3O3. The van der Waals surface area contributed by atoms with E-state index in [0.717, 1.165) is 22.9 Å². The lowest BCUT2D eigenvalue weighted by atomic mass is 10.0. The van der Waals surface area contributed by atoms with Crippen molar-refractivity contribution in [1.29, 1.82) is 0 Å². The molecule has 3 aromatic rings. The van der Waals surface area contributed by atoms with Gasteiger partial charge in [0.05, 0.1) is 0 Å². The van der Waals surface area contributed by atoms with Gasteiger partial charge in [0.2, 0.25) is 5.91 Å². The Kier molecular flexibility index (Phi) is 6.32. The zero-order valence-corrected chi connectivity index (χ0v) is 16.1. The lowest BCUT2D eigenvalue weighted by Crippen LogP contribution is -2.50. The van der Waals surface area contributed by atoms with Gasteiger partial charge in [-0.15, -0.1) is 0 Å². The summed E-state index contributed by atoms with van der Waals surface area (Å²) < 4.78 is 5.30. The third kappa shape index (κ3) is 4.91. The summed E-state index contributed by atoms with van der Waals surface area (Å²) in [4.78, 5) is 28.3. The Hall–Kier alpha value is -3.28. The van der Waals surface area contributed by atoms with E-state index >= 15 is 0 Å². The average molecular weight is 379 g/mol. The smallest absolute Gasteiger partial charge is 0.410 e. The Balaban J connectivity index is 1.76. The Morgan fingerprint density at radius 3 is 2.50 bits per heavy atom. The van der Waals surface area contributed by atoms with Crippen LogP contribution in [0.15, 0.2) is 60.8 Å². The summed E-state index contributed by atoms with van der Waals surface area (Å²) in [7, 11) is 0. The molecule has 0 bridgehead atoms. The molecular weight excluding hydrogens is 354 g/mol. The second kappa shape index (κ2) is 9.08. The summed E-state index contributed by atoms with van der Waals surface area (Å²) >= 11 is 0. The molecule has 0 aliphatic heterocycles. The van der Waals surface area contributed by atoms with Crippen LogP contribution in [0.1, 0.15) is 25.8 Å². The van der Waals surface area contributed by atoms with Crippen LogP contribution in [0.2, 0.25) is 0 Å². The van der Waals surface area contributed by atoms with Crippen LogP contribution in [-0.4, -0.2) is 29.1 Å². The van der Waals surface area contributed by atoms with Crippen molar-refractivity contribution in [2.45, 2.75) is 38.8 Å². The van der Waals surface area contributed by atoms with Gasteiger partial charge in [0.1, 0.15) is 11.8 Å². The Morgan fingerprint density at radius 1 is 1.04 bits per heavy atom. The summed E-state index contributed by atoms with van der Waals surface area (Å²) in [6.07, 6.45) is 2.38. The minimum Gasteiger partial charge on any atom is -0.410 e. The molecule has 3 rings (SSSR count). The quantitative estimate of drug-likeness (QED) is 0.584. The van der Waals surface area contributed by atoms with E-state index in [4.69, 9.17) is 4.74 Å². The normalized spacial score (nSPS) is 12.9. The van der Waals surface area contributed by atoms with E-state index in [9.17, 15) is 9.59 Å². The summed E-state index contributed by atoms with van der Waals surface area (Å²) in [5.74, 6) is 0.192. The molecule has 0 saturated carbocycles. The van der Waals surface area contributed by atoms with Crippen LogP contribution >= 0.6 is 0 Å². The van der Waals surface area contributed by atoms with Crippen LogP contribution in [0, 0.1) is 0 Å². The van der Waals surface area contributed by atoms with Gasteiger partial charge in [0.15, 0.2) is 0 Å². The highest BCUT2D eigenvalue weighted by Crippen LogP contribution is 2.19. The minimum absolute atomic E-state index is 0.0184. The number of H-pyrrole nitrogens is 1. The molecule has 1 aromatic heterocycles. The summed E-state index contributed by atoms with van der Waals surface area (Å²) in [5, 5.41) is 6.68. The van der Waals surface area contributed by atoms with Gasteiger partial charge >= 0.3 is 6.09 Å². The number of para-hydroxylation sites is 2. The molecule has 6 heteroatoms. The zero-order chi connectivity index (χ0) is 19.9. The number of carbonyl (C=O) groups excluding carboxylic acids is 2. The fourth-order valence-electron chi connectivity index (χ4n) is 2.94. The number of nitrogens with one attached hydrogen (secondary N) is 3. The van der Waals surface area contributed by atoms with Crippen LogP contribution < -0.4 is 15.4 Å². The molecule has 0 spiro atoms. The standard InChI is InChI=1S/C22H25N3O3/c1-3-15(2)24-21(26)20(25-22(27)28-17-9-5-4-6-10-17)13-16-14-23-19-12-8-7-11-18(16)19/h4-12,14-15,20,23H,3,13H2,1-2H3,(H,24,26)(H,25,27)/t15-,20-/m0/s1.